The maximum absolute atomic E-state index is 13.9. The normalized spacial score (nSPS) is 20.3. The summed E-state index contributed by atoms with van der Waals surface area (Å²) in [4.78, 5) is 23.1. The molecule has 2 saturated heterocycles. The lowest BCUT2D eigenvalue weighted by Crippen LogP contribution is -2.56. The summed E-state index contributed by atoms with van der Waals surface area (Å²) in [5.74, 6) is -0.773. The average molecular weight is 571 g/mol. The van der Waals surface area contributed by atoms with Gasteiger partial charge in [-0.2, -0.15) is 13.2 Å². The van der Waals surface area contributed by atoms with Gasteiger partial charge in [-0.3, -0.25) is 4.79 Å². The van der Waals surface area contributed by atoms with Gasteiger partial charge in [0.25, 0.3) is 5.91 Å². The molecular weight excluding hydrogens is 545 g/mol. The Morgan fingerprint density at radius 3 is 2.47 bits per heavy atom. The highest BCUT2D eigenvalue weighted by atomic mass is 32.2. The summed E-state index contributed by atoms with van der Waals surface area (Å²) in [5.41, 5.74) is 2.53. The highest BCUT2D eigenvalue weighted by molar-refractivity contribution is 7.93. The lowest BCUT2D eigenvalue weighted by Gasteiger charge is -2.35. The van der Waals surface area contributed by atoms with E-state index >= 15 is 0 Å². The molecule has 1 amide bonds. The molecule has 3 heterocycles. The molecule has 2 aromatic carbocycles. The second-order valence-electron chi connectivity index (χ2n) is 9.18. The molecule has 0 spiro atoms. The Labute approximate surface area is 221 Å². The number of halogens is 3. The van der Waals surface area contributed by atoms with Gasteiger partial charge in [-0.05, 0) is 56.0 Å². The maximum Gasteiger partial charge on any atom is 0.416 e. The molecule has 2 fully saturated rings. The topological polar surface area (TPSA) is 104 Å². The third-order valence-corrected chi connectivity index (χ3v) is 10.3. The van der Waals surface area contributed by atoms with Crippen molar-refractivity contribution in [2.45, 2.75) is 54.2 Å². The molecule has 3 aromatic rings. The zero-order chi connectivity index (χ0) is 27.0. The fourth-order valence-corrected chi connectivity index (χ4v) is 7.60. The van der Waals surface area contributed by atoms with Gasteiger partial charge in [0.2, 0.25) is 0 Å². The highest BCUT2D eigenvalue weighted by Gasteiger charge is 2.52. The fourth-order valence-electron chi connectivity index (χ4n) is 4.56. The Bertz CT molecular complexity index is 1410. The highest BCUT2D eigenvalue weighted by Crippen LogP contribution is 2.39. The Hall–Kier alpha value is -2.58. The maximum atomic E-state index is 13.9. The van der Waals surface area contributed by atoms with Crippen molar-refractivity contribution in [1.29, 1.82) is 0 Å². The molecule has 5 rings (SSSR count). The van der Waals surface area contributed by atoms with E-state index in [1.54, 1.807) is 0 Å². The van der Waals surface area contributed by atoms with Crippen LogP contribution in [0.3, 0.4) is 0 Å². The summed E-state index contributed by atoms with van der Waals surface area (Å²) in [7, 11) is -4.20. The first kappa shape index (κ1) is 27.0. The van der Waals surface area contributed by atoms with Crippen molar-refractivity contribution in [3.05, 3.63) is 48.0 Å². The number of hydrogen-bond acceptors (Lipinski definition) is 8. The molecule has 204 valence electrons. The largest absolute Gasteiger partial charge is 0.416 e. The molecule has 2 aliphatic rings. The summed E-state index contributed by atoms with van der Waals surface area (Å²) in [6.07, 6.45) is -2.82. The number of aromatic nitrogens is 1. The molecule has 0 radical (unpaired) electrons. The number of sulfone groups is 1. The lowest BCUT2D eigenvalue weighted by molar-refractivity contribution is -0.202. The van der Waals surface area contributed by atoms with Gasteiger partial charge in [-0.15, -0.1) is 11.3 Å². The Kier molecular flexibility index (Phi) is 7.48. The average Bonchev–Trinajstić information content (AvgIpc) is 3.36. The number of benzene rings is 2. The number of hydrogen-bond donors (Lipinski definition) is 1. The van der Waals surface area contributed by atoms with Gasteiger partial charge in [0.15, 0.2) is 20.9 Å². The molecule has 8 nitrogen and oxygen atoms in total. The van der Waals surface area contributed by atoms with Crippen LogP contribution in [0, 0.1) is 0 Å². The zero-order valence-corrected chi connectivity index (χ0v) is 21.8. The molecule has 13 heteroatoms. The molecule has 1 atom stereocenters. The number of nitrogens with one attached hydrogen (secondary N) is 1. The Morgan fingerprint density at radius 2 is 1.82 bits per heavy atom. The van der Waals surface area contributed by atoms with Crippen LogP contribution in [0.1, 0.15) is 37.7 Å². The van der Waals surface area contributed by atoms with E-state index in [4.69, 9.17) is 14.3 Å². The molecule has 1 unspecified atom stereocenters. The van der Waals surface area contributed by atoms with Gasteiger partial charge < -0.3 is 9.47 Å². The third-order valence-electron chi connectivity index (χ3n) is 6.78. The van der Waals surface area contributed by atoms with Crippen LogP contribution in [0.4, 0.5) is 13.2 Å². The van der Waals surface area contributed by atoms with Gasteiger partial charge in [0.05, 0.1) is 20.7 Å². The number of alkyl halides is 3. The quantitative estimate of drug-likeness (QED) is 0.422. The van der Waals surface area contributed by atoms with E-state index in [-0.39, 0.29) is 31.0 Å². The second-order valence-corrected chi connectivity index (χ2v) is 12.5. The fraction of sp³-hybridized carbons (Fsp3) is 0.440. The van der Waals surface area contributed by atoms with E-state index in [2.05, 4.69) is 10.5 Å². The minimum Gasteiger partial charge on any atom is -0.381 e. The lowest BCUT2D eigenvalue weighted by atomic mass is 9.98. The standard InChI is InChI=1S/C25H25F3N2O6S2/c26-25(27,28)17-6-4-16(5-7-17)22-29-19-9-8-18(15-20(19)37-22)38(32,33)24(10-13-34-14-11-24)23(31)30-36-21-3-1-2-12-35-21/h4-9,15,21H,1-3,10-14H2,(H,30,31). The number of rotatable bonds is 6. The van der Waals surface area contributed by atoms with Crippen molar-refractivity contribution in [3.8, 4) is 10.6 Å². The first-order valence-corrected chi connectivity index (χ1v) is 14.4. The summed E-state index contributed by atoms with van der Waals surface area (Å²) in [6, 6.07) is 8.99. The monoisotopic (exact) mass is 570 g/mol. The molecule has 38 heavy (non-hydrogen) atoms. The van der Waals surface area contributed by atoms with Gasteiger partial charge in [0.1, 0.15) is 5.01 Å². The number of hydroxylamine groups is 1. The van der Waals surface area contributed by atoms with E-state index < -0.39 is 38.5 Å². The van der Waals surface area contributed by atoms with Crippen LogP contribution in [-0.4, -0.2) is 50.2 Å². The number of nitrogens with zero attached hydrogens (tertiary/aromatic N) is 1. The predicted molar refractivity (Wildman–Crippen MR) is 133 cm³/mol. The van der Waals surface area contributed by atoms with E-state index in [1.807, 2.05) is 0 Å². The van der Waals surface area contributed by atoms with Gasteiger partial charge in [0, 0.05) is 31.8 Å². The summed E-state index contributed by atoms with van der Waals surface area (Å²) in [6.45, 7) is 0.683. The smallest absolute Gasteiger partial charge is 0.381 e. The van der Waals surface area contributed by atoms with Crippen molar-refractivity contribution in [3.63, 3.8) is 0 Å². The molecule has 1 aromatic heterocycles. The summed E-state index contributed by atoms with van der Waals surface area (Å²) in [5, 5.41) is 0.447. The summed E-state index contributed by atoms with van der Waals surface area (Å²) >= 11 is 1.15. The number of carbonyl (C=O) groups excluding carboxylic acids is 1. The van der Waals surface area contributed by atoms with Crippen LogP contribution in [0.5, 0.6) is 0 Å². The minimum absolute atomic E-state index is 0.0480. The van der Waals surface area contributed by atoms with Crippen molar-refractivity contribution in [2.75, 3.05) is 19.8 Å². The number of thiazole rings is 1. The predicted octanol–water partition coefficient (Wildman–Crippen LogP) is 4.88. The molecule has 2 aliphatic heterocycles. The van der Waals surface area contributed by atoms with Gasteiger partial charge in [-0.25, -0.2) is 23.7 Å². The number of fused-ring (bicyclic) bond motifs is 1. The first-order chi connectivity index (χ1) is 18.1. The van der Waals surface area contributed by atoms with Gasteiger partial charge in [-0.1, -0.05) is 12.1 Å². The van der Waals surface area contributed by atoms with Crippen LogP contribution >= 0.6 is 11.3 Å². The second kappa shape index (κ2) is 10.5. The first-order valence-electron chi connectivity index (χ1n) is 12.1. The summed E-state index contributed by atoms with van der Waals surface area (Å²) < 4.78 is 76.1. The zero-order valence-electron chi connectivity index (χ0n) is 20.1. The Morgan fingerprint density at radius 1 is 1.08 bits per heavy atom. The molecule has 0 bridgehead atoms. The molecule has 0 saturated carbocycles. The third kappa shape index (κ3) is 5.17. The van der Waals surface area contributed by atoms with Crippen molar-refractivity contribution >= 4 is 37.3 Å². The van der Waals surface area contributed by atoms with Crippen molar-refractivity contribution in [2.24, 2.45) is 0 Å². The van der Waals surface area contributed by atoms with Crippen LogP contribution in [0.25, 0.3) is 20.8 Å². The van der Waals surface area contributed by atoms with Crippen LogP contribution in [0.15, 0.2) is 47.4 Å². The van der Waals surface area contributed by atoms with Crippen LogP contribution in [-0.2, 0) is 35.1 Å². The van der Waals surface area contributed by atoms with Crippen molar-refractivity contribution in [1.82, 2.24) is 10.5 Å². The van der Waals surface area contributed by atoms with E-state index in [0.29, 0.717) is 33.8 Å². The number of amides is 1. The van der Waals surface area contributed by atoms with Crippen LogP contribution < -0.4 is 5.48 Å². The van der Waals surface area contributed by atoms with E-state index in [0.717, 1.165) is 36.3 Å². The van der Waals surface area contributed by atoms with E-state index in [1.165, 1.54) is 30.3 Å². The Balaban J connectivity index is 1.43. The molecular formula is C25H25F3N2O6S2. The van der Waals surface area contributed by atoms with Crippen LogP contribution in [0.2, 0.25) is 0 Å². The number of carbonyl (C=O) groups is 1. The minimum atomic E-state index is -4.45. The molecule has 1 N–H and O–H groups in total. The SMILES string of the molecule is O=C(NOC1CCCCO1)C1(S(=O)(=O)c2ccc3nc(-c4ccc(C(F)(F)F)cc4)sc3c2)CCOCC1. The number of ether oxygens (including phenoxy) is 2. The van der Waals surface area contributed by atoms with Gasteiger partial charge >= 0.3 is 6.18 Å². The van der Waals surface area contributed by atoms with Crippen molar-refractivity contribution < 1.29 is 40.7 Å². The van der Waals surface area contributed by atoms with E-state index in [9.17, 15) is 26.4 Å². The molecule has 0 aliphatic carbocycles.